The molecule has 1 aliphatic rings. The van der Waals surface area contributed by atoms with E-state index < -0.39 is 26.0 Å². The Labute approximate surface area is 137 Å². The van der Waals surface area contributed by atoms with Crippen LogP contribution in [0.2, 0.25) is 15.1 Å². The van der Waals surface area contributed by atoms with Gasteiger partial charge in [0.1, 0.15) is 12.6 Å². The maximum Gasteiger partial charge on any atom is 0.529 e. The molecule has 1 aromatic rings. The van der Waals surface area contributed by atoms with E-state index in [4.69, 9.17) is 34.8 Å². The smallest absolute Gasteiger partial charge is 0.435 e. The Morgan fingerprint density at radius 2 is 1.81 bits per heavy atom. The average Bonchev–Trinajstić information content (AvgIpc) is 2.70. The minimum atomic E-state index is -4.31. The third-order valence-electron chi connectivity index (χ3n) is 3.80. The van der Waals surface area contributed by atoms with Gasteiger partial charge in [-0.05, 0) is 19.1 Å². The van der Waals surface area contributed by atoms with Crippen molar-refractivity contribution in [2.45, 2.75) is 30.7 Å². The Bertz CT molecular complexity index is 683. The minimum Gasteiger partial charge on any atom is -0.435 e. The zero-order valence-corrected chi connectivity index (χ0v) is 14.1. The zero-order valence-electron chi connectivity index (χ0n) is 11.0. The molecule has 1 aliphatic heterocycles. The summed E-state index contributed by atoms with van der Waals surface area (Å²) in [6.45, 7) is 1.57. The van der Waals surface area contributed by atoms with Crippen LogP contribution in [0.4, 0.5) is 4.79 Å². The van der Waals surface area contributed by atoms with Gasteiger partial charge in [0.15, 0.2) is 4.90 Å². The van der Waals surface area contributed by atoms with Crippen molar-refractivity contribution in [2.75, 3.05) is 6.54 Å². The lowest BCUT2D eigenvalue weighted by molar-refractivity contribution is -0.741. The molecule has 0 radical (unpaired) electrons. The molecule has 0 aliphatic carbocycles. The number of hydrogen-bond donors (Lipinski definition) is 1. The number of benzene rings is 1. The molecule has 1 unspecified atom stereocenters. The predicted octanol–water partition coefficient (Wildman–Crippen LogP) is 4.01. The zero-order chi connectivity index (χ0) is 16.0. The van der Waals surface area contributed by atoms with Gasteiger partial charge in [-0.25, -0.2) is 0 Å². The average molecular weight is 374 g/mol. The fourth-order valence-electron chi connectivity index (χ4n) is 2.73. The number of amides is 1. The fraction of sp³-hybridized carbons (Fsp3) is 0.417. The van der Waals surface area contributed by atoms with Gasteiger partial charge in [-0.15, -0.1) is 3.89 Å². The Balaban J connectivity index is 2.75. The number of likely N-dealkylation sites (tertiary alicyclic amines) is 1. The molecule has 1 aromatic carbocycles. The maximum atomic E-state index is 12.9. The second-order valence-corrected chi connectivity index (χ2v) is 8.23. The molecule has 21 heavy (non-hydrogen) atoms. The third kappa shape index (κ3) is 2.43. The van der Waals surface area contributed by atoms with Crippen LogP contribution in [-0.4, -0.2) is 36.1 Å². The molecule has 2 atom stereocenters. The highest BCUT2D eigenvalue weighted by molar-refractivity contribution is 7.86. The molecular weight excluding hydrogens is 361 g/mol. The lowest BCUT2D eigenvalue weighted by Gasteiger charge is -2.31. The molecule has 9 heteroatoms. The quantitative estimate of drug-likeness (QED) is 0.795. The molecule has 5 nitrogen and oxygen atoms in total. The molecule has 1 heterocycles. The first kappa shape index (κ1) is 16.8. The number of halogens is 3. The summed E-state index contributed by atoms with van der Waals surface area (Å²) in [4.78, 5) is 11.3. The Morgan fingerprint density at radius 1 is 1.29 bits per heavy atom. The van der Waals surface area contributed by atoms with Gasteiger partial charge in [-0.3, -0.25) is 0 Å². The van der Waals surface area contributed by atoms with Crippen molar-refractivity contribution in [3.63, 3.8) is 0 Å². The molecule has 1 amide bonds. The van der Waals surface area contributed by atoms with Crippen molar-refractivity contribution in [2.24, 2.45) is 0 Å². The first-order valence-corrected chi connectivity index (χ1v) is 8.73. The van der Waals surface area contributed by atoms with Crippen molar-refractivity contribution < 1.29 is 22.2 Å². The normalized spacial score (nSPS) is 26.0. The van der Waals surface area contributed by atoms with E-state index in [1.807, 2.05) is 0 Å². The maximum absolute atomic E-state index is 12.9. The number of rotatable bonds is 2. The molecule has 1 N–H and O–H groups in total. The van der Waals surface area contributed by atoms with Crippen LogP contribution in [0.15, 0.2) is 17.0 Å². The molecular formula is C12H13Cl3NO4S+. The number of nitrogens with zero attached hydrogens (tertiary/aromatic N) is 1. The summed E-state index contributed by atoms with van der Waals surface area (Å²) in [6, 6.07) is 1.89. The minimum absolute atomic E-state index is 0.0197. The summed E-state index contributed by atoms with van der Waals surface area (Å²) < 4.78 is 24.8. The highest BCUT2D eigenvalue weighted by atomic mass is 35.5. The standard InChI is InChI=1S/C12H12Cl3NO4S/c1-7-3-2-4-16(7,12(17)18)21(19,20)11-9(14)5-8(13)6-10(11)15/h5-7H,2-4H2,1H3/p+1/t7-,16?/m1/s1. The molecule has 1 fully saturated rings. The van der Waals surface area contributed by atoms with Crippen molar-refractivity contribution in [3.8, 4) is 0 Å². The molecule has 0 bridgehead atoms. The van der Waals surface area contributed by atoms with Gasteiger partial charge in [-0.1, -0.05) is 34.8 Å². The fourth-order valence-corrected chi connectivity index (χ4v) is 6.23. The number of quaternary nitrogens is 1. The van der Waals surface area contributed by atoms with Gasteiger partial charge in [0.05, 0.1) is 10.0 Å². The lowest BCUT2D eigenvalue weighted by Crippen LogP contribution is -2.58. The summed E-state index contributed by atoms with van der Waals surface area (Å²) >= 11 is 17.7. The van der Waals surface area contributed by atoms with E-state index in [0.717, 1.165) is 0 Å². The number of carboxylic acid groups (broad SMARTS) is 1. The van der Waals surface area contributed by atoms with E-state index >= 15 is 0 Å². The van der Waals surface area contributed by atoms with Crippen LogP contribution in [-0.2, 0) is 10.0 Å². The van der Waals surface area contributed by atoms with Crippen LogP contribution in [0.5, 0.6) is 0 Å². The molecule has 0 aromatic heterocycles. The van der Waals surface area contributed by atoms with E-state index in [1.165, 1.54) is 12.1 Å². The second-order valence-electron chi connectivity index (χ2n) is 4.97. The molecule has 0 saturated carbocycles. The highest BCUT2D eigenvalue weighted by Gasteiger charge is 2.58. The Kier molecular flexibility index (Phi) is 4.48. The number of carbonyl (C=O) groups is 1. The monoisotopic (exact) mass is 372 g/mol. The van der Waals surface area contributed by atoms with E-state index in [1.54, 1.807) is 6.92 Å². The van der Waals surface area contributed by atoms with Gasteiger partial charge in [0, 0.05) is 17.9 Å². The highest BCUT2D eigenvalue weighted by Crippen LogP contribution is 2.41. The lowest BCUT2D eigenvalue weighted by atomic mass is 10.2. The van der Waals surface area contributed by atoms with Gasteiger partial charge < -0.3 is 5.11 Å². The summed E-state index contributed by atoms with van der Waals surface area (Å²) in [5.74, 6) is 0. The number of sulfonamides is 1. The van der Waals surface area contributed by atoms with Gasteiger partial charge in [0.2, 0.25) is 0 Å². The first-order valence-electron chi connectivity index (χ1n) is 6.15. The second kappa shape index (κ2) is 5.59. The van der Waals surface area contributed by atoms with Crippen molar-refractivity contribution in [1.29, 1.82) is 0 Å². The SMILES string of the molecule is C[C@@H]1CCC[N+]1(C(=O)O)S(=O)(=O)c1c(Cl)cc(Cl)cc1Cl. The summed E-state index contributed by atoms with van der Waals surface area (Å²) in [6.07, 6.45) is -0.439. The molecule has 116 valence electrons. The third-order valence-corrected chi connectivity index (χ3v) is 7.35. The van der Waals surface area contributed by atoms with Crippen LogP contribution in [0.1, 0.15) is 19.8 Å². The van der Waals surface area contributed by atoms with E-state index in [-0.39, 0.29) is 26.5 Å². The first-order chi connectivity index (χ1) is 9.64. The van der Waals surface area contributed by atoms with E-state index in [9.17, 15) is 18.3 Å². The predicted molar refractivity (Wildman–Crippen MR) is 80.5 cm³/mol. The summed E-state index contributed by atoms with van der Waals surface area (Å²) in [7, 11) is -4.31. The van der Waals surface area contributed by atoms with Crippen LogP contribution in [0.3, 0.4) is 0 Å². The van der Waals surface area contributed by atoms with Crippen LogP contribution < -0.4 is 0 Å². The van der Waals surface area contributed by atoms with Crippen molar-refractivity contribution in [3.05, 3.63) is 27.2 Å². The van der Waals surface area contributed by atoms with Crippen LogP contribution in [0.25, 0.3) is 0 Å². The van der Waals surface area contributed by atoms with Gasteiger partial charge in [-0.2, -0.15) is 13.2 Å². The van der Waals surface area contributed by atoms with Crippen LogP contribution in [0, 0.1) is 0 Å². The van der Waals surface area contributed by atoms with E-state index in [0.29, 0.717) is 12.8 Å². The molecule has 1 saturated heterocycles. The van der Waals surface area contributed by atoms with Crippen LogP contribution >= 0.6 is 34.8 Å². The summed E-state index contributed by atoms with van der Waals surface area (Å²) in [5, 5.41) is 9.38. The Hall–Kier alpha value is -0.530. The van der Waals surface area contributed by atoms with Gasteiger partial charge >= 0.3 is 16.1 Å². The van der Waals surface area contributed by atoms with Crippen molar-refractivity contribution >= 4 is 50.9 Å². The Morgan fingerprint density at radius 3 is 2.19 bits per heavy atom. The molecule has 2 rings (SSSR count). The summed E-state index contributed by atoms with van der Waals surface area (Å²) in [5.41, 5.74) is 0. The number of hydrogen-bond acceptors (Lipinski definition) is 3. The van der Waals surface area contributed by atoms with Gasteiger partial charge in [0.25, 0.3) is 0 Å². The molecule has 0 spiro atoms. The topological polar surface area (TPSA) is 71.4 Å². The largest absolute Gasteiger partial charge is 0.529 e. The van der Waals surface area contributed by atoms with E-state index in [2.05, 4.69) is 0 Å². The van der Waals surface area contributed by atoms with Crippen molar-refractivity contribution in [1.82, 2.24) is 0 Å².